The maximum absolute atomic E-state index is 10.9. The number of carboxylic acids is 1. The highest BCUT2D eigenvalue weighted by molar-refractivity contribution is 6.01. The summed E-state index contributed by atoms with van der Waals surface area (Å²) in [5.74, 6) is -2.08. The Balaban J connectivity index is 0.000000921. The Morgan fingerprint density at radius 3 is 2.00 bits per heavy atom. The maximum Gasteiger partial charge on any atom is 0.339 e. The molecule has 0 bridgehead atoms. The lowest BCUT2D eigenvalue weighted by Gasteiger charge is -2.02. The molecule has 82 valence electrons. The number of Topliss-reactive ketones (excluding diaryl/α,β-unsaturated/α-hetero) is 1. The number of ketones is 1. The van der Waals surface area contributed by atoms with Gasteiger partial charge in [-0.15, -0.1) is 0 Å². The highest BCUT2D eigenvalue weighted by Crippen LogP contribution is 2.22. The van der Waals surface area contributed by atoms with E-state index in [-0.39, 0.29) is 16.9 Å². The lowest BCUT2D eigenvalue weighted by Crippen LogP contribution is -2.01. The summed E-state index contributed by atoms with van der Waals surface area (Å²) in [6.45, 7) is 5.26. The third kappa shape index (κ3) is 3.09. The molecule has 0 heterocycles. The average molecular weight is 210 g/mol. The zero-order valence-electron chi connectivity index (χ0n) is 8.94. The van der Waals surface area contributed by atoms with E-state index in [4.69, 9.17) is 5.11 Å². The smallest absolute Gasteiger partial charge is 0.339 e. The Labute approximate surface area is 88.2 Å². The molecular formula is C11H14O4. The van der Waals surface area contributed by atoms with Crippen LogP contribution < -0.4 is 0 Å². The number of carboxylic acid groups (broad SMARTS) is 1. The monoisotopic (exact) mass is 210 g/mol. The summed E-state index contributed by atoms with van der Waals surface area (Å²) in [7, 11) is 0. The van der Waals surface area contributed by atoms with Gasteiger partial charge in [0.05, 0.1) is 5.56 Å². The Morgan fingerprint density at radius 1 is 1.13 bits per heavy atom. The molecule has 1 aromatic carbocycles. The first-order valence-corrected chi connectivity index (χ1v) is 4.60. The van der Waals surface area contributed by atoms with Gasteiger partial charge in [0.25, 0.3) is 0 Å². The lowest BCUT2D eigenvalue weighted by atomic mass is 10.1. The Kier molecular flexibility index (Phi) is 5.09. The third-order valence-electron chi connectivity index (χ3n) is 1.65. The summed E-state index contributed by atoms with van der Waals surface area (Å²) in [6.07, 6.45) is 0. The number of hydrogen-bond donors (Lipinski definition) is 2. The van der Waals surface area contributed by atoms with Crippen LogP contribution >= 0.6 is 0 Å². The molecule has 0 aliphatic carbocycles. The topological polar surface area (TPSA) is 74.6 Å². The highest BCUT2D eigenvalue weighted by atomic mass is 16.4. The number of hydrogen-bond acceptors (Lipinski definition) is 3. The summed E-state index contributed by atoms with van der Waals surface area (Å²) < 4.78 is 0. The number of para-hydroxylation sites is 1. The number of carbonyl (C=O) groups is 2. The van der Waals surface area contributed by atoms with E-state index in [1.807, 2.05) is 13.8 Å². The fraction of sp³-hybridized carbons (Fsp3) is 0.273. The van der Waals surface area contributed by atoms with Crippen LogP contribution in [0.1, 0.15) is 41.5 Å². The van der Waals surface area contributed by atoms with Crippen LogP contribution in [0.15, 0.2) is 18.2 Å². The van der Waals surface area contributed by atoms with Crippen molar-refractivity contribution in [2.45, 2.75) is 20.8 Å². The first kappa shape index (κ1) is 13.2. The molecule has 1 rings (SSSR count). The number of aromatic carboxylic acids is 1. The van der Waals surface area contributed by atoms with Crippen molar-refractivity contribution in [1.82, 2.24) is 0 Å². The second kappa shape index (κ2) is 5.80. The van der Waals surface area contributed by atoms with Crippen molar-refractivity contribution >= 4 is 11.8 Å². The molecule has 1 aromatic rings. The van der Waals surface area contributed by atoms with Crippen LogP contribution in [-0.2, 0) is 0 Å². The van der Waals surface area contributed by atoms with Gasteiger partial charge in [-0.25, -0.2) is 4.79 Å². The fourth-order valence-corrected chi connectivity index (χ4v) is 1.00. The molecule has 0 aromatic heterocycles. The lowest BCUT2D eigenvalue weighted by molar-refractivity contribution is 0.0693. The van der Waals surface area contributed by atoms with E-state index in [2.05, 4.69) is 0 Å². The molecule has 0 saturated heterocycles. The van der Waals surface area contributed by atoms with Crippen LogP contribution in [0.2, 0.25) is 0 Å². The largest absolute Gasteiger partial charge is 0.506 e. The number of phenols is 1. The van der Waals surface area contributed by atoms with Crippen LogP contribution in [0.3, 0.4) is 0 Å². The quantitative estimate of drug-likeness (QED) is 0.734. The molecule has 0 fully saturated rings. The molecule has 0 saturated carbocycles. The number of aromatic hydroxyl groups is 1. The van der Waals surface area contributed by atoms with Crippen molar-refractivity contribution in [3.8, 4) is 5.75 Å². The molecule has 0 unspecified atom stereocenters. The van der Waals surface area contributed by atoms with Crippen molar-refractivity contribution in [3.63, 3.8) is 0 Å². The second-order valence-electron chi connectivity index (χ2n) is 2.56. The van der Waals surface area contributed by atoms with Crippen LogP contribution in [0.4, 0.5) is 0 Å². The minimum atomic E-state index is -1.25. The average Bonchev–Trinajstić information content (AvgIpc) is 2.20. The molecule has 0 spiro atoms. The van der Waals surface area contributed by atoms with Gasteiger partial charge in [-0.3, -0.25) is 4.79 Å². The Bertz CT molecular complexity index is 337. The number of rotatable bonds is 2. The van der Waals surface area contributed by atoms with E-state index >= 15 is 0 Å². The highest BCUT2D eigenvalue weighted by Gasteiger charge is 2.14. The van der Waals surface area contributed by atoms with E-state index in [1.54, 1.807) is 0 Å². The van der Waals surface area contributed by atoms with Crippen molar-refractivity contribution in [1.29, 1.82) is 0 Å². The van der Waals surface area contributed by atoms with E-state index < -0.39 is 11.7 Å². The first-order valence-electron chi connectivity index (χ1n) is 4.60. The third-order valence-corrected chi connectivity index (χ3v) is 1.65. The molecule has 15 heavy (non-hydrogen) atoms. The molecular weight excluding hydrogens is 196 g/mol. The van der Waals surface area contributed by atoms with Crippen LogP contribution in [0, 0.1) is 0 Å². The summed E-state index contributed by atoms with van der Waals surface area (Å²) in [6, 6.07) is 4.04. The predicted molar refractivity (Wildman–Crippen MR) is 56.4 cm³/mol. The molecule has 0 aliphatic rings. The van der Waals surface area contributed by atoms with E-state index in [9.17, 15) is 14.7 Å². The normalized spacial score (nSPS) is 8.73. The van der Waals surface area contributed by atoms with Gasteiger partial charge >= 0.3 is 5.97 Å². The molecule has 0 amide bonds. The summed E-state index contributed by atoms with van der Waals surface area (Å²) in [4.78, 5) is 21.4. The van der Waals surface area contributed by atoms with E-state index in [0.717, 1.165) is 0 Å². The minimum Gasteiger partial charge on any atom is -0.506 e. The zero-order valence-corrected chi connectivity index (χ0v) is 8.94. The van der Waals surface area contributed by atoms with Crippen LogP contribution in [0.5, 0.6) is 5.75 Å². The van der Waals surface area contributed by atoms with Crippen molar-refractivity contribution in [2.24, 2.45) is 0 Å². The molecule has 2 N–H and O–H groups in total. The van der Waals surface area contributed by atoms with Gasteiger partial charge in [0, 0.05) is 0 Å². The Morgan fingerprint density at radius 2 is 1.60 bits per heavy atom. The zero-order chi connectivity index (χ0) is 12.0. The van der Waals surface area contributed by atoms with Gasteiger partial charge in [-0.1, -0.05) is 19.9 Å². The molecule has 4 heteroatoms. The van der Waals surface area contributed by atoms with Crippen molar-refractivity contribution < 1.29 is 19.8 Å². The molecule has 0 radical (unpaired) electrons. The molecule has 4 nitrogen and oxygen atoms in total. The second-order valence-corrected chi connectivity index (χ2v) is 2.56. The van der Waals surface area contributed by atoms with Crippen molar-refractivity contribution in [2.75, 3.05) is 0 Å². The van der Waals surface area contributed by atoms with Gasteiger partial charge in [-0.05, 0) is 19.1 Å². The summed E-state index contributed by atoms with van der Waals surface area (Å²) >= 11 is 0. The molecule has 0 aliphatic heterocycles. The minimum absolute atomic E-state index is 0.0277. The van der Waals surface area contributed by atoms with Crippen LogP contribution in [0.25, 0.3) is 0 Å². The van der Waals surface area contributed by atoms with Crippen molar-refractivity contribution in [3.05, 3.63) is 29.3 Å². The molecule has 0 atom stereocenters. The fourth-order valence-electron chi connectivity index (χ4n) is 1.00. The SMILES string of the molecule is CC.CC(=O)c1cccc(C(=O)O)c1O. The van der Waals surface area contributed by atoms with Gasteiger partial charge in [0.1, 0.15) is 11.3 Å². The van der Waals surface area contributed by atoms with Gasteiger partial charge in [0.2, 0.25) is 0 Å². The van der Waals surface area contributed by atoms with E-state index in [1.165, 1.54) is 25.1 Å². The summed E-state index contributed by atoms with van der Waals surface area (Å²) in [5.41, 5.74) is -0.229. The number of carbonyl (C=O) groups excluding carboxylic acids is 1. The van der Waals surface area contributed by atoms with E-state index in [0.29, 0.717) is 0 Å². The Hall–Kier alpha value is -1.84. The summed E-state index contributed by atoms with van der Waals surface area (Å²) in [5, 5.41) is 17.9. The number of benzene rings is 1. The maximum atomic E-state index is 10.9. The van der Waals surface area contributed by atoms with Gasteiger partial charge in [0.15, 0.2) is 5.78 Å². The predicted octanol–water partition coefficient (Wildman–Crippen LogP) is 2.32. The standard InChI is InChI=1S/C9H8O4.C2H6/c1-5(10)6-3-2-4-7(8(6)11)9(12)13;1-2/h2-4,11H,1H3,(H,12,13);1-2H3. The van der Waals surface area contributed by atoms with Gasteiger partial charge < -0.3 is 10.2 Å². The van der Waals surface area contributed by atoms with Crippen LogP contribution in [-0.4, -0.2) is 22.0 Å². The van der Waals surface area contributed by atoms with Gasteiger partial charge in [-0.2, -0.15) is 0 Å². The first-order chi connectivity index (χ1) is 7.04.